The lowest BCUT2D eigenvalue weighted by atomic mass is 9.77. The first-order chi connectivity index (χ1) is 39.4. The summed E-state index contributed by atoms with van der Waals surface area (Å²) in [6.45, 7) is 19.1. The highest BCUT2D eigenvalue weighted by atomic mass is 16.6. The Morgan fingerprint density at radius 3 is 1.10 bits per heavy atom. The van der Waals surface area contributed by atoms with Crippen molar-refractivity contribution in [3.63, 3.8) is 0 Å². The first kappa shape index (κ1) is 69.1. The van der Waals surface area contributed by atoms with Crippen molar-refractivity contribution >= 4 is 36.0 Å². The van der Waals surface area contributed by atoms with Crippen LogP contribution in [0.15, 0.2) is 60.7 Å². The smallest absolute Gasteiger partial charge is 0.336 e. The maximum atomic E-state index is 13.3. The van der Waals surface area contributed by atoms with E-state index in [0.29, 0.717) is 105 Å². The summed E-state index contributed by atoms with van der Waals surface area (Å²) in [5.74, 6) is 0.964. The van der Waals surface area contributed by atoms with Crippen molar-refractivity contribution in [2.24, 2.45) is 11.3 Å². The van der Waals surface area contributed by atoms with Crippen LogP contribution in [0, 0.1) is 11.3 Å². The van der Waals surface area contributed by atoms with E-state index in [4.69, 9.17) is 47.4 Å². The van der Waals surface area contributed by atoms with Crippen molar-refractivity contribution in [3.8, 4) is 46.0 Å². The molecule has 0 saturated carbocycles. The van der Waals surface area contributed by atoms with Gasteiger partial charge in [0.15, 0.2) is 23.0 Å². The number of rotatable bonds is 46. The van der Waals surface area contributed by atoms with Crippen LogP contribution in [0.1, 0.15) is 214 Å². The molecule has 0 amide bonds. The fourth-order valence-corrected chi connectivity index (χ4v) is 8.89. The Hall–Kier alpha value is -6.18. The molecule has 14 nitrogen and oxygen atoms in total. The number of esters is 4. The Labute approximate surface area is 486 Å². The molecule has 0 heterocycles. The Kier molecular flexibility index (Phi) is 35.6. The van der Waals surface area contributed by atoms with E-state index >= 15 is 0 Å². The summed E-state index contributed by atoms with van der Waals surface area (Å²) in [5, 5.41) is 0. The molecule has 0 aliphatic carbocycles. The number of hydrogen-bond donors (Lipinski definition) is 0. The summed E-state index contributed by atoms with van der Waals surface area (Å²) in [6, 6.07) is 13.7. The van der Waals surface area contributed by atoms with Gasteiger partial charge in [0.25, 0.3) is 0 Å². The maximum absolute atomic E-state index is 13.3. The van der Waals surface area contributed by atoms with Crippen molar-refractivity contribution < 1.29 is 66.5 Å². The van der Waals surface area contributed by atoms with Gasteiger partial charge in [-0.1, -0.05) is 138 Å². The van der Waals surface area contributed by atoms with Gasteiger partial charge in [0.1, 0.15) is 11.5 Å². The summed E-state index contributed by atoms with van der Waals surface area (Å²) in [6.07, 6.45) is 28.4. The summed E-state index contributed by atoms with van der Waals surface area (Å²) < 4.78 is 60.3. The molecule has 1 unspecified atom stereocenters. The fraction of sp³-hybridized carbons (Fsp3) is 0.612. The van der Waals surface area contributed by atoms with Gasteiger partial charge in [0, 0.05) is 23.3 Å². The monoisotopic (exact) mass is 1130 g/mol. The second-order valence-electron chi connectivity index (χ2n) is 21.0. The first-order valence-corrected chi connectivity index (χ1v) is 30.6. The van der Waals surface area contributed by atoms with E-state index in [-0.39, 0.29) is 18.1 Å². The third kappa shape index (κ3) is 26.5. The van der Waals surface area contributed by atoms with Crippen molar-refractivity contribution in [1.82, 2.24) is 0 Å². The molecule has 0 bridgehead atoms. The van der Waals surface area contributed by atoms with Gasteiger partial charge in [-0.2, -0.15) is 0 Å². The molecule has 0 aliphatic rings. The molecule has 0 aromatic heterocycles. The van der Waals surface area contributed by atoms with Crippen molar-refractivity contribution in [3.05, 3.63) is 71.8 Å². The average Bonchev–Trinajstić information content (AvgIpc) is 3.48. The number of carbonyl (C=O) groups excluding carboxylic acids is 4. The topological polar surface area (TPSA) is 161 Å². The molecule has 1 atom stereocenters. The van der Waals surface area contributed by atoms with Crippen molar-refractivity contribution in [1.29, 1.82) is 0 Å². The van der Waals surface area contributed by atoms with Gasteiger partial charge >= 0.3 is 23.9 Å². The molecule has 3 aromatic carbocycles. The average molecular weight is 1130 g/mol. The first-order valence-electron chi connectivity index (χ1n) is 30.6. The zero-order chi connectivity index (χ0) is 58.9. The summed E-state index contributed by atoms with van der Waals surface area (Å²) in [5.41, 5.74) is 0.252. The van der Waals surface area contributed by atoms with Crippen LogP contribution in [-0.4, -0.2) is 77.2 Å². The number of benzene rings is 3. The molecule has 0 saturated heterocycles. The predicted octanol–water partition coefficient (Wildman–Crippen LogP) is 16.6. The van der Waals surface area contributed by atoms with Crippen molar-refractivity contribution in [2.45, 2.75) is 203 Å². The predicted molar refractivity (Wildman–Crippen MR) is 322 cm³/mol. The molecular weight excluding hydrogens is 1030 g/mol. The summed E-state index contributed by atoms with van der Waals surface area (Å²) in [7, 11) is 1.32. The van der Waals surface area contributed by atoms with Gasteiger partial charge in [0.2, 0.25) is 11.5 Å². The van der Waals surface area contributed by atoms with Crippen LogP contribution in [-0.2, 0) is 28.7 Å². The molecular formula is C67H100O14. The molecule has 0 fully saturated rings. The molecule has 3 rings (SSSR count). The van der Waals surface area contributed by atoms with Crippen LogP contribution in [0.2, 0.25) is 0 Å². The minimum Gasteiger partial charge on any atom is -0.490 e. The molecule has 14 heteroatoms. The Balaban J connectivity index is 1.77. The largest absolute Gasteiger partial charge is 0.490 e. The molecule has 0 aliphatic heterocycles. The number of hydrogen-bond acceptors (Lipinski definition) is 14. The summed E-state index contributed by atoms with van der Waals surface area (Å²) in [4.78, 5) is 52.0. The van der Waals surface area contributed by atoms with Gasteiger partial charge in [-0.15, -0.1) is 0 Å². The third-order valence-electron chi connectivity index (χ3n) is 13.8. The second-order valence-corrected chi connectivity index (χ2v) is 21.0. The van der Waals surface area contributed by atoms with E-state index < -0.39 is 35.2 Å². The molecule has 0 radical (unpaired) electrons. The maximum Gasteiger partial charge on any atom is 0.336 e. The number of carbonyl (C=O) groups is 4. The van der Waals surface area contributed by atoms with Gasteiger partial charge in [-0.25, -0.2) is 9.59 Å². The van der Waals surface area contributed by atoms with E-state index in [1.165, 1.54) is 19.3 Å². The van der Waals surface area contributed by atoms with Crippen LogP contribution in [0.3, 0.4) is 0 Å². The lowest BCUT2D eigenvalue weighted by molar-refractivity contribution is -0.166. The zero-order valence-corrected chi connectivity index (χ0v) is 50.9. The van der Waals surface area contributed by atoms with E-state index in [2.05, 4.69) is 34.6 Å². The minimum atomic E-state index is -1.03. The lowest BCUT2D eigenvalue weighted by Gasteiger charge is -2.29. The van der Waals surface area contributed by atoms with Crippen LogP contribution in [0.25, 0.3) is 12.2 Å². The fourth-order valence-electron chi connectivity index (χ4n) is 8.89. The second kappa shape index (κ2) is 41.8. The van der Waals surface area contributed by atoms with E-state index in [0.717, 1.165) is 128 Å². The summed E-state index contributed by atoms with van der Waals surface area (Å²) >= 11 is 0. The number of unbranched alkanes of at least 4 members (excludes halogenated alkanes) is 16. The Morgan fingerprint density at radius 1 is 0.420 bits per heavy atom. The van der Waals surface area contributed by atoms with Crippen LogP contribution in [0.4, 0.5) is 0 Å². The highest BCUT2D eigenvalue weighted by Gasteiger charge is 2.42. The molecule has 81 heavy (non-hydrogen) atoms. The molecule has 452 valence electrons. The minimum absolute atomic E-state index is 0.171. The van der Waals surface area contributed by atoms with E-state index in [9.17, 15) is 19.2 Å². The van der Waals surface area contributed by atoms with Gasteiger partial charge in [0.05, 0.1) is 64.7 Å². The van der Waals surface area contributed by atoms with Crippen LogP contribution >= 0.6 is 0 Å². The van der Waals surface area contributed by atoms with Crippen LogP contribution in [0.5, 0.6) is 46.0 Å². The number of methoxy groups -OCH3 is 1. The molecule has 3 aromatic rings. The normalized spacial score (nSPS) is 11.8. The zero-order valence-electron chi connectivity index (χ0n) is 50.9. The third-order valence-corrected chi connectivity index (χ3v) is 13.8. The molecule has 0 spiro atoms. The van der Waals surface area contributed by atoms with Crippen molar-refractivity contribution in [2.75, 3.05) is 53.4 Å². The van der Waals surface area contributed by atoms with Gasteiger partial charge in [-0.3, -0.25) is 9.59 Å². The Bertz CT molecular complexity index is 2300. The van der Waals surface area contributed by atoms with Crippen LogP contribution < -0.4 is 37.9 Å². The SMILES string of the molecule is CCCCCCOc1ccc(C=CC(=O)Oc2ccc(OC(=O)C=Cc3ccc(OCCCCOC(=O)C(C)(C)C(CC)C(=O)OC)c(OCCCCCC)c3OCCCCCC)cc2)c(OCCCCCC)c1OCCCCCC. The molecule has 0 N–H and O–H groups in total. The highest BCUT2D eigenvalue weighted by Crippen LogP contribution is 2.43. The Morgan fingerprint density at radius 2 is 0.753 bits per heavy atom. The van der Waals surface area contributed by atoms with E-state index in [1.54, 1.807) is 56.3 Å². The van der Waals surface area contributed by atoms with Gasteiger partial charge < -0.3 is 47.4 Å². The van der Waals surface area contributed by atoms with Gasteiger partial charge in [-0.05, 0) is 126 Å². The van der Waals surface area contributed by atoms with E-state index in [1.807, 2.05) is 25.1 Å². The lowest BCUT2D eigenvalue weighted by Crippen LogP contribution is -2.39. The number of ether oxygens (including phenoxy) is 10. The quantitative estimate of drug-likeness (QED) is 0.0227. The standard InChI is InChI=1S/C67H100O14/c1-10-16-21-26-45-73-57-41-33-52(61(75-47-27-22-17-11-2)63(57)77-49-29-24-19-13-4)35-43-59(68)80-54-37-39-55(40-38-54)81-60(69)44-36-53-34-42-58(64(78-50-30-25-20-14-5)62(53)76-48-28-23-18-12-3)74-46-31-32-51-79-66(71)67(7,8)56(15-6)65(70)72-9/h33-44,56H,10-32,45-51H2,1-9H3. The highest BCUT2D eigenvalue weighted by molar-refractivity contribution is 5.91.